The number of nitrogens with zero attached hydrogens (tertiary/aromatic N) is 5. The second kappa shape index (κ2) is 4.87. The molecule has 19 heavy (non-hydrogen) atoms. The molecule has 0 saturated heterocycles. The molecule has 2 aromatic heterocycles. The minimum absolute atomic E-state index is 0.700. The van der Waals surface area contributed by atoms with Gasteiger partial charge in [0.2, 0.25) is 5.95 Å². The highest BCUT2D eigenvalue weighted by Crippen LogP contribution is 2.20. The Balaban J connectivity index is 1.87. The van der Waals surface area contributed by atoms with E-state index in [-0.39, 0.29) is 0 Å². The van der Waals surface area contributed by atoms with Crippen LogP contribution in [0.15, 0.2) is 18.5 Å². The van der Waals surface area contributed by atoms with Crippen LogP contribution in [0.4, 0.5) is 11.8 Å². The van der Waals surface area contributed by atoms with Crippen LogP contribution >= 0.6 is 0 Å². The summed E-state index contributed by atoms with van der Waals surface area (Å²) in [6.07, 6.45) is 3.89. The average molecular weight is 258 g/mol. The minimum atomic E-state index is 0.700. The van der Waals surface area contributed by atoms with Crippen molar-refractivity contribution in [3.63, 3.8) is 0 Å². The molecule has 0 saturated carbocycles. The van der Waals surface area contributed by atoms with E-state index in [1.807, 2.05) is 32.3 Å². The van der Waals surface area contributed by atoms with Gasteiger partial charge in [-0.3, -0.25) is 0 Å². The highest BCUT2D eigenvalue weighted by Gasteiger charge is 2.18. The lowest BCUT2D eigenvalue weighted by molar-refractivity contribution is 0.556. The van der Waals surface area contributed by atoms with E-state index < -0.39 is 0 Å². The number of fused-ring (bicyclic) bond motifs is 1. The normalized spacial score (nSPS) is 14.3. The third-order valence-electron chi connectivity index (χ3n) is 3.24. The quantitative estimate of drug-likeness (QED) is 0.902. The fourth-order valence-corrected chi connectivity index (χ4v) is 2.32. The van der Waals surface area contributed by atoms with Gasteiger partial charge < -0.3 is 14.8 Å². The van der Waals surface area contributed by atoms with Gasteiger partial charge in [-0.25, -0.2) is 9.97 Å². The molecule has 0 bridgehead atoms. The fraction of sp³-hybridized carbons (Fsp3) is 0.462. The average Bonchev–Trinajstić information content (AvgIpc) is 2.85. The predicted octanol–water partition coefficient (Wildman–Crippen LogP) is 1.43. The van der Waals surface area contributed by atoms with E-state index in [0.29, 0.717) is 5.95 Å². The lowest BCUT2D eigenvalue weighted by Gasteiger charge is -2.28. The number of aromatic nitrogens is 4. The summed E-state index contributed by atoms with van der Waals surface area (Å²) in [6.45, 7) is 7.57. The molecule has 6 heteroatoms. The van der Waals surface area contributed by atoms with Crippen molar-refractivity contribution >= 4 is 11.8 Å². The monoisotopic (exact) mass is 258 g/mol. The van der Waals surface area contributed by atoms with Crippen LogP contribution < -0.4 is 10.2 Å². The third kappa shape index (κ3) is 2.38. The number of imidazole rings is 1. The molecule has 0 unspecified atom stereocenters. The first kappa shape index (κ1) is 12.0. The molecule has 6 nitrogen and oxygen atoms in total. The molecular formula is C13H18N6. The molecule has 3 rings (SSSR count). The summed E-state index contributed by atoms with van der Waals surface area (Å²) in [5, 5.41) is 3.17. The molecule has 0 aliphatic carbocycles. The van der Waals surface area contributed by atoms with Gasteiger partial charge in [-0.2, -0.15) is 4.98 Å². The summed E-state index contributed by atoms with van der Waals surface area (Å²) >= 11 is 0. The van der Waals surface area contributed by atoms with Crippen LogP contribution in [0.25, 0.3) is 0 Å². The number of nitrogens with one attached hydrogen (secondary N) is 1. The summed E-state index contributed by atoms with van der Waals surface area (Å²) in [5.41, 5.74) is 0.981. The van der Waals surface area contributed by atoms with Gasteiger partial charge in [0.25, 0.3) is 0 Å². The molecule has 0 amide bonds. The molecule has 1 N–H and O–H groups in total. The molecule has 0 fully saturated rings. The van der Waals surface area contributed by atoms with E-state index >= 15 is 0 Å². The van der Waals surface area contributed by atoms with Crippen molar-refractivity contribution in [3.8, 4) is 0 Å². The summed E-state index contributed by atoms with van der Waals surface area (Å²) in [6, 6.07) is 2.03. The lowest BCUT2D eigenvalue weighted by Crippen LogP contribution is -2.34. The molecule has 0 atom stereocenters. The van der Waals surface area contributed by atoms with Gasteiger partial charge in [-0.15, -0.1) is 0 Å². The molecule has 100 valence electrons. The largest absolute Gasteiger partial charge is 0.354 e. The van der Waals surface area contributed by atoms with E-state index in [0.717, 1.165) is 43.5 Å². The summed E-state index contributed by atoms with van der Waals surface area (Å²) in [5.74, 6) is 2.76. The van der Waals surface area contributed by atoms with Crippen molar-refractivity contribution in [2.75, 3.05) is 23.3 Å². The number of aryl methyl sites for hydroxylation is 1. The van der Waals surface area contributed by atoms with Crippen LogP contribution in [0.2, 0.25) is 0 Å². The molecule has 3 heterocycles. The van der Waals surface area contributed by atoms with Gasteiger partial charge in [-0.1, -0.05) is 0 Å². The predicted molar refractivity (Wildman–Crippen MR) is 74.2 cm³/mol. The lowest BCUT2D eigenvalue weighted by atomic mass is 10.3. The van der Waals surface area contributed by atoms with E-state index in [1.54, 1.807) is 0 Å². The molecular weight excluding hydrogens is 240 g/mol. The fourth-order valence-electron chi connectivity index (χ4n) is 2.32. The Morgan fingerprint density at radius 3 is 3.05 bits per heavy atom. The highest BCUT2D eigenvalue weighted by molar-refractivity contribution is 5.45. The maximum absolute atomic E-state index is 4.57. The zero-order chi connectivity index (χ0) is 13.2. The van der Waals surface area contributed by atoms with Gasteiger partial charge in [-0.05, 0) is 13.8 Å². The Kier molecular flexibility index (Phi) is 3.06. The van der Waals surface area contributed by atoms with Crippen LogP contribution in [-0.4, -0.2) is 32.6 Å². The minimum Gasteiger partial charge on any atom is -0.354 e. The van der Waals surface area contributed by atoms with Crippen LogP contribution in [0.1, 0.15) is 18.4 Å². The van der Waals surface area contributed by atoms with E-state index in [2.05, 4.69) is 29.7 Å². The van der Waals surface area contributed by atoms with Crippen molar-refractivity contribution in [2.45, 2.75) is 26.9 Å². The molecule has 0 radical (unpaired) electrons. The highest BCUT2D eigenvalue weighted by atomic mass is 15.3. The summed E-state index contributed by atoms with van der Waals surface area (Å²) < 4.78 is 2.19. The molecule has 0 spiro atoms. The zero-order valence-electron chi connectivity index (χ0n) is 11.3. The van der Waals surface area contributed by atoms with E-state index in [9.17, 15) is 0 Å². The van der Waals surface area contributed by atoms with Crippen molar-refractivity contribution in [1.29, 1.82) is 0 Å². The Bertz CT molecular complexity index is 576. The van der Waals surface area contributed by atoms with Gasteiger partial charge in [0, 0.05) is 43.8 Å². The topological polar surface area (TPSA) is 58.9 Å². The van der Waals surface area contributed by atoms with Crippen LogP contribution in [0.3, 0.4) is 0 Å². The maximum atomic E-state index is 4.57. The van der Waals surface area contributed by atoms with Crippen LogP contribution in [-0.2, 0) is 13.1 Å². The Morgan fingerprint density at radius 1 is 1.32 bits per heavy atom. The Morgan fingerprint density at radius 2 is 2.21 bits per heavy atom. The van der Waals surface area contributed by atoms with Gasteiger partial charge >= 0.3 is 0 Å². The Hall–Kier alpha value is -2.11. The molecule has 1 aliphatic heterocycles. The standard InChI is InChI=1S/C13H18N6/c1-3-14-13-16-10(2)8-11(17-13)19-7-6-18-5-4-15-12(18)9-19/h4-5,8H,3,6-7,9H2,1-2H3,(H,14,16,17). The molecule has 0 aromatic carbocycles. The number of rotatable bonds is 3. The van der Waals surface area contributed by atoms with Crippen molar-refractivity contribution < 1.29 is 0 Å². The van der Waals surface area contributed by atoms with Crippen molar-refractivity contribution in [1.82, 2.24) is 19.5 Å². The third-order valence-corrected chi connectivity index (χ3v) is 3.24. The van der Waals surface area contributed by atoms with Gasteiger partial charge in [0.15, 0.2) is 0 Å². The summed E-state index contributed by atoms with van der Waals surface area (Å²) in [7, 11) is 0. The van der Waals surface area contributed by atoms with E-state index in [4.69, 9.17) is 0 Å². The van der Waals surface area contributed by atoms with Crippen molar-refractivity contribution in [3.05, 3.63) is 30.0 Å². The first-order chi connectivity index (χ1) is 9.26. The number of anilines is 2. The second-order valence-electron chi connectivity index (χ2n) is 4.68. The molecule has 2 aromatic rings. The second-order valence-corrected chi connectivity index (χ2v) is 4.68. The zero-order valence-corrected chi connectivity index (χ0v) is 11.3. The number of hydrogen-bond acceptors (Lipinski definition) is 5. The van der Waals surface area contributed by atoms with Crippen LogP contribution in [0, 0.1) is 6.92 Å². The number of hydrogen-bond donors (Lipinski definition) is 1. The smallest absolute Gasteiger partial charge is 0.224 e. The maximum Gasteiger partial charge on any atom is 0.224 e. The SMILES string of the molecule is CCNc1nc(C)cc(N2CCn3ccnc3C2)n1. The first-order valence-corrected chi connectivity index (χ1v) is 6.61. The van der Waals surface area contributed by atoms with Gasteiger partial charge in [0.05, 0.1) is 6.54 Å². The van der Waals surface area contributed by atoms with Crippen molar-refractivity contribution in [2.24, 2.45) is 0 Å². The first-order valence-electron chi connectivity index (χ1n) is 6.61. The van der Waals surface area contributed by atoms with Crippen LogP contribution in [0.5, 0.6) is 0 Å². The van der Waals surface area contributed by atoms with Gasteiger partial charge in [0.1, 0.15) is 11.6 Å². The van der Waals surface area contributed by atoms with E-state index in [1.165, 1.54) is 0 Å². The summed E-state index contributed by atoms with van der Waals surface area (Å²) in [4.78, 5) is 15.6. The molecule has 1 aliphatic rings. The Labute approximate surface area is 112 Å².